The highest BCUT2D eigenvalue weighted by atomic mass is 16.5. The number of carbonyl (C=O) groups excluding carboxylic acids is 4. The molecule has 2 heterocycles. The normalized spacial score (nSPS) is 17.5. The predicted octanol–water partition coefficient (Wildman–Crippen LogP) is 1.91. The molecule has 2 aromatic rings. The Hall–Kier alpha value is -4.08. The van der Waals surface area contributed by atoms with E-state index in [1.54, 1.807) is 53.4 Å². The highest BCUT2D eigenvalue weighted by Crippen LogP contribution is 2.37. The highest BCUT2D eigenvalue weighted by molar-refractivity contribution is 6.11. The van der Waals surface area contributed by atoms with Gasteiger partial charge in [0.05, 0.1) is 27.2 Å². The summed E-state index contributed by atoms with van der Waals surface area (Å²) in [6, 6.07) is 13.0. The lowest BCUT2D eigenvalue weighted by atomic mass is 9.82. The number of esters is 1. The molecule has 2 saturated heterocycles. The molecular formula is C26H29N3O7. The number of urea groups is 1. The summed E-state index contributed by atoms with van der Waals surface area (Å²) in [7, 11) is 4.42. The first-order valence-corrected chi connectivity index (χ1v) is 11.6. The standard InChI is InChI=1S/C26H29N3O7/c1-34-20-8-4-18(5-9-20)26(19-6-10-21(35-2)11-7-19)24(32)29(25(33)27-26)16-22(30)28-14-12-17(13-15-28)23(31)36-3/h4-11,17H,12-16H2,1-3H3,(H,27,33). The number of hydrogen-bond acceptors (Lipinski definition) is 7. The van der Waals surface area contributed by atoms with Gasteiger partial charge in [0.15, 0.2) is 5.54 Å². The topological polar surface area (TPSA) is 114 Å². The van der Waals surface area contributed by atoms with E-state index in [4.69, 9.17) is 14.2 Å². The van der Waals surface area contributed by atoms with Crippen LogP contribution in [0.1, 0.15) is 24.0 Å². The van der Waals surface area contributed by atoms with Gasteiger partial charge in [0.2, 0.25) is 5.91 Å². The lowest BCUT2D eigenvalue weighted by molar-refractivity contribution is -0.149. The van der Waals surface area contributed by atoms with Crippen molar-refractivity contribution in [3.05, 3.63) is 59.7 Å². The van der Waals surface area contributed by atoms with Crippen molar-refractivity contribution in [1.29, 1.82) is 0 Å². The van der Waals surface area contributed by atoms with Crippen molar-refractivity contribution < 1.29 is 33.4 Å². The van der Waals surface area contributed by atoms with E-state index in [2.05, 4.69) is 5.32 Å². The van der Waals surface area contributed by atoms with E-state index in [9.17, 15) is 19.2 Å². The number of amides is 4. The number of hydrogen-bond donors (Lipinski definition) is 1. The van der Waals surface area contributed by atoms with Gasteiger partial charge in [-0.3, -0.25) is 19.3 Å². The molecule has 190 valence electrons. The number of carbonyl (C=O) groups is 4. The Morgan fingerprint density at radius 2 is 1.39 bits per heavy atom. The molecular weight excluding hydrogens is 466 g/mol. The molecule has 4 rings (SSSR count). The van der Waals surface area contributed by atoms with Crippen LogP contribution in [-0.2, 0) is 24.7 Å². The van der Waals surface area contributed by atoms with Gasteiger partial charge in [-0.15, -0.1) is 0 Å². The lowest BCUT2D eigenvalue weighted by Crippen LogP contribution is -2.48. The number of ether oxygens (including phenoxy) is 3. The zero-order valence-electron chi connectivity index (χ0n) is 20.5. The van der Waals surface area contributed by atoms with E-state index >= 15 is 0 Å². The SMILES string of the molecule is COC(=O)C1CCN(C(=O)CN2C(=O)NC(c3ccc(OC)cc3)(c3ccc(OC)cc3)C2=O)CC1. The number of methoxy groups -OCH3 is 3. The first-order chi connectivity index (χ1) is 17.3. The van der Waals surface area contributed by atoms with Crippen molar-refractivity contribution in [2.24, 2.45) is 5.92 Å². The van der Waals surface area contributed by atoms with E-state index in [1.807, 2.05) is 0 Å². The Labute approximate surface area is 209 Å². The molecule has 0 saturated carbocycles. The van der Waals surface area contributed by atoms with Gasteiger partial charge in [0.25, 0.3) is 5.91 Å². The van der Waals surface area contributed by atoms with Gasteiger partial charge in [0.1, 0.15) is 18.0 Å². The van der Waals surface area contributed by atoms with Gasteiger partial charge in [-0.2, -0.15) is 0 Å². The fourth-order valence-electron chi connectivity index (χ4n) is 4.73. The monoisotopic (exact) mass is 495 g/mol. The molecule has 2 fully saturated rings. The fraction of sp³-hybridized carbons (Fsp3) is 0.385. The molecule has 1 N–H and O–H groups in total. The summed E-state index contributed by atoms with van der Waals surface area (Å²) in [4.78, 5) is 54.3. The van der Waals surface area contributed by atoms with Crippen LogP contribution in [0.15, 0.2) is 48.5 Å². The predicted molar refractivity (Wildman–Crippen MR) is 128 cm³/mol. The van der Waals surface area contributed by atoms with Crippen LogP contribution >= 0.6 is 0 Å². The first-order valence-electron chi connectivity index (χ1n) is 11.6. The summed E-state index contributed by atoms with van der Waals surface area (Å²) in [5.41, 5.74) is -0.463. The summed E-state index contributed by atoms with van der Waals surface area (Å²) in [6.45, 7) is 0.302. The fourth-order valence-corrected chi connectivity index (χ4v) is 4.73. The highest BCUT2D eigenvalue weighted by Gasteiger charge is 2.54. The van der Waals surface area contributed by atoms with Crippen molar-refractivity contribution in [3.63, 3.8) is 0 Å². The second-order valence-electron chi connectivity index (χ2n) is 8.71. The smallest absolute Gasteiger partial charge is 0.326 e. The van der Waals surface area contributed by atoms with Crippen LogP contribution in [0, 0.1) is 5.92 Å². The quantitative estimate of drug-likeness (QED) is 0.461. The average molecular weight is 496 g/mol. The Morgan fingerprint density at radius 1 is 0.889 bits per heavy atom. The lowest BCUT2D eigenvalue weighted by Gasteiger charge is -2.32. The summed E-state index contributed by atoms with van der Waals surface area (Å²) < 4.78 is 15.3. The minimum absolute atomic E-state index is 0.256. The van der Waals surface area contributed by atoms with E-state index in [1.165, 1.54) is 21.3 Å². The van der Waals surface area contributed by atoms with Crippen LogP contribution in [0.3, 0.4) is 0 Å². The molecule has 0 unspecified atom stereocenters. The Kier molecular flexibility index (Phi) is 7.14. The molecule has 4 amide bonds. The Balaban J connectivity index is 1.60. The zero-order chi connectivity index (χ0) is 25.9. The number of nitrogens with zero attached hydrogens (tertiary/aromatic N) is 2. The van der Waals surface area contributed by atoms with Crippen molar-refractivity contribution in [3.8, 4) is 11.5 Å². The van der Waals surface area contributed by atoms with Crippen LogP contribution in [0.2, 0.25) is 0 Å². The molecule has 0 spiro atoms. The van der Waals surface area contributed by atoms with Crippen molar-refractivity contribution in [2.45, 2.75) is 18.4 Å². The average Bonchev–Trinajstić information content (AvgIpc) is 3.18. The van der Waals surface area contributed by atoms with Gasteiger partial charge in [0, 0.05) is 13.1 Å². The molecule has 0 bridgehead atoms. The number of benzene rings is 2. The molecule has 0 radical (unpaired) electrons. The van der Waals surface area contributed by atoms with Crippen molar-refractivity contribution in [1.82, 2.24) is 15.1 Å². The van der Waals surface area contributed by atoms with E-state index in [-0.39, 0.29) is 17.8 Å². The molecule has 0 aromatic heterocycles. The molecule has 2 aliphatic heterocycles. The van der Waals surface area contributed by atoms with E-state index in [0.29, 0.717) is 48.6 Å². The van der Waals surface area contributed by atoms with Gasteiger partial charge >= 0.3 is 12.0 Å². The van der Waals surface area contributed by atoms with Crippen LogP contribution in [0.4, 0.5) is 4.79 Å². The maximum Gasteiger partial charge on any atom is 0.326 e. The molecule has 2 aliphatic rings. The minimum Gasteiger partial charge on any atom is -0.497 e. The zero-order valence-corrected chi connectivity index (χ0v) is 20.5. The third-order valence-electron chi connectivity index (χ3n) is 6.83. The van der Waals surface area contributed by atoms with Gasteiger partial charge in [-0.25, -0.2) is 4.79 Å². The minimum atomic E-state index is -1.52. The second kappa shape index (κ2) is 10.3. The number of likely N-dealkylation sites (tertiary alicyclic amines) is 1. The maximum atomic E-state index is 13.9. The number of imide groups is 1. The van der Waals surface area contributed by atoms with Gasteiger partial charge in [-0.1, -0.05) is 24.3 Å². The Morgan fingerprint density at radius 3 is 1.83 bits per heavy atom. The third-order valence-corrected chi connectivity index (χ3v) is 6.83. The van der Waals surface area contributed by atoms with Crippen molar-refractivity contribution >= 4 is 23.8 Å². The Bertz CT molecular complexity index is 1090. The van der Waals surface area contributed by atoms with Crippen LogP contribution < -0.4 is 14.8 Å². The van der Waals surface area contributed by atoms with E-state index < -0.39 is 24.0 Å². The molecule has 0 atom stereocenters. The van der Waals surface area contributed by atoms with Gasteiger partial charge in [-0.05, 0) is 48.2 Å². The number of nitrogens with one attached hydrogen (secondary N) is 1. The molecule has 10 nitrogen and oxygen atoms in total. The molecule has 36 heavy (non-hydrogen) atoms. The molecule has 2 aromatic carbocycles. The molecule has 10 heteroatoms. The third kappa shape index (κ3) is 4.46. The second-order valence-corrected chi connectivity index (χ2v) is 8.71. The summed E-state index contributed by atoms with van der Waals surface area (Å²) in [5, 5.41) is 2.84. The molecule has 0 aliphatic carbocycles. The first kappa shape index (κ1) is 25.0. The number of rotatable bonds is 7. The summed E-state index contributed by atoms with van der Waals surface area (Å²) >= 11 is 0. The van der Waals surface area contributed by atoms with Crippen LogP contribution in [-0.4, -0.2) is 74.6 Å². The largest absolute Gasteiger partial charge is 0.497 e. The number of piperidine rings is 1. The van der Waals surface area contributed by atoms with Crippen LogP contribution in [0.25, 0.3) is 0 Å². The summed E-state index contributed by atoms with van der Waals surface area (Å²) in [5.74, 6) is -0.262. The van der Waals surface area contributed by atoms with E-state index in [0.717, 1.165) is 4.90 Å². The van der Waals surface area contributed by atoms with Gasteiger partial charge < -0.3 is 24.4 Å². The van der Waals surface area contributed by atoms with Crippen LogP contribution in [0.5, 0.6) is 11.5 Å². The van der Waals surface area contributed by atoms with Crippen molar-refractivity contribution in [2.75, 3.05) is 41.0 Å². The maximum absolute atomic E-state index is 13.9. The summed E-state index contributed by atoms with van der Waals surface area (Å²) in [6.07, 6.45) is 0.945.